The van der Waals surface area contributed by atoms with Crippen LogP contribution in [-0.2, 0) is 9.53 Å². The summed E-state index contributed by atoms with van der Waals surface area (Å²) in [7, 11) is 0. The number of carbonyl (C=O) groups excluding carboxylic acids is 1. The third-order valence-corrected chi connectivity index (χ3v) is 5.22. The second-order valence-corrected chi connectivity index (χ2v) is 7.19. The first-order valence-corrected chi connectivity index (χ1v) is 9.07. The van der Waals surface area contributed by atoms with Crippen molar-refractivity contribution in [2.45, 2.75) is 25.7 Å². The van der Waals surface area contributed by atoms with E-state index in [4.69, 9.17) is 10.5 Å². The Labute approximate surface area is 158 Å². The summed E-state index contributed by atoms with van der Waals surface area (Å²) < 4.78 is 5.67. The number of ketones is 1. The van der Waals surface area contributed by atoms with E-state index in [0.29, 0.717) is 29.7 Å². The number of nitriles is 1. The van der Waals surface area contributed by atoms with Crippen LogP contribution < -0.4 is 5.73 Å². The lowest BCUT2D eigenvalue weighted by molar-refractivity contribution is -0.117. The molecule has 2 atom stereocenters. The Morgan fingerprint density at radius 3 is 2.37 bits per heavy atom. The van der Waals surface area contributed by atoms with Crippen LogP contribution in [0.1, 0.15) is 31.2 Å². The summed E-state index contributed by atoms with van der Waals surface area (Å²) in [6.45, 7) is 2.02. The van der Waals surface area contributed by atoms with Gasteiger partial charge in [-0.05, 0) is 22.6 Å². The summed E-state index contributed by atoms with van der Waals surface area (Å²) in [5.41, 5.74) is 10.0. The van der Waals surface area contributed by atoms with Gasteiger partial charge in [0.1, 0.15) is 17.4 Å². The first-order valence-electron chi connectivity index (χ1n) is 9.07. The number of benzene rings is 2. The fourth-order valence-corrected chi connectivity index (χ4v) is 3.93. The molecule has 0 spiro atoms. The fraction of sp³-hybridized carbons (Fsp3) is 0.217. The van der Waals surface area contributed by atoms with Crippen LogP contribution in [0, 0.1) is 17.2 Å². The highest BCUT2D eigenvalue weighted by atomic mass is 16.5. The lowest BCUT2D eigenvalue weighted by Crippen LogP contribution is -2.29. The van der Waals surface area contributed by atoms with Crippen LogP contribution in [0.3, 0.4) is 0 Å². The standard InChI is InChI=1S/C23H20N2O2/c1-14-11-19(26)22-20(12-14)27-23(25)18(13-24)21(22)17-9-7-16(8-10-17)15-5-3-2-4-6-15/h2-10,14,21H,11-12,25H2,1H3/t14-,21-/m0/s1. The molecule has 4 rings (SSSR count). The quantitative estimate of drug-likeness (QED) is 0.864. The highest BCUT2D eigenvalue weighted by Gasteiger charge is 2.39. The number of nitrogens with two attached hydrogens (primary N) is 1. The Morgan fingerprint density at radius 2 is 1.70 bits per heavy atom. The third kappa shape index (κ3) is 3.02. The Bertz CT molecular complexity index is 995. The molecule has 2 aromatic rings. The molecule has 2 N–H and O–H groups in total. The summed E-state index contributed by atoms with van der Waals surface area (Å²) in [5.74, 6) is 0.529. The number of hydrogen-bond acceptors (Lipinski definition) is 4. The van der Waals surface area contributed by atoms with Gasteiger partial charge in [0.05, 0.1) is 5.92 Å². The average Bonchev–Trinajstić information content (AvgIpc) is 2.67. The molecule has 2 aromatic carbocycles. The summed E-state index contributed by atoms with van der Waals surface area (Å²) in [6.07, 6.45) is 1.14. The average molecular weight is 356 g/mol. The Balaban J connectivity index is 1.78. The van der Waals surface area contributed by atoms with Crippen molar-refractivity contribution in [3.05, 3.63) is 82.9 Å². The maximum atomic E-state index is 12.8. The smallest absolute Gasteiger partial charge is 0.205 e. The number of carbonyl (C=O) groups is 1. The number of ether oxygens (including phenoxy) is 1. The zero-order valence-electron chi connectivity index (χ0n) is 15.1. The van der Waals surface area contributed by atoms with Gasteiger partial charge in [-0.3, -0.25) is 4.79 Å². The van der Waals surface area contributed by atoms with E-state index in [1.165, 1.54) is 0 Å². The van der Waals surface area contributed by atoms with Crippen molar-refractivity contribution in [2.75, 3.05) is 0 Å². The molecule has 0 amide bonds. The first kappa shape index (κ1) is 17.1. The second-order valence-electron chi connectivity index (χ2n) is 7.19. The molecule has 4 nitrogen and oxygen atoms in total. The molecule has 1 aliphatic carbocycles. The van der Waals surface area contributed by atoms with Crippen molar-refractivity contribution in [3.8, 4) is 17.2 Å². The molecule has 2 aliphatic rings. The van der Waals surface area contributed by atoms with E-state index in [2.05, 4.69) is 18.2 Å². The van der Waals surface area contributed by atoms with E-state index in [0.717, 1.165) is 16.7 Å². The van der Waals surface area contributed by atoms with E-state index in [1.54, 1.807) is 0 Å². The van der Waals surface area contributed by atoms with Gasteiger partial charge in [-0.2, -0.15) is 5.26 Å². The highest BCUT2D eigenvalue weighted by molar-refractivity contribution is 5.99. The minimum Gasteiger partial charge on any atom is -0.444 e. The number of rotatable bonds is 2. The topological polar surface area (TPSA) is 76.1 Å². The number of allylic oxidation sites excluding steroid dienone is 3. The third-order valence-electron chi connectivity index (χ3n) is 5.22. The zero-order chi connectivity index (χ0) is 19.0. The van der Waals surface area contributed by atoms with E-state index in [1.807, 2.05) is 49.4 Å². The van der Waals surface area contributed by atoms with E-state index in [9.17, 15) is 10.1 Å². The van der Waals surface area contributed by atoms with Gasteiger partial charge in [-0.15, -0.1) is 0 Å². The van der Waals surface area contributed by atoms with E-state index < -0.39 is 5.92 Å². The predicted molar refractivity (Wildman–Crippen MR) is 103 cm³/mol. The highest BCUT2D eigenvalue weighted by Crippen LogP contribution is 2.44. The van der Waals surface area contributed by atoms with Gasteiger partial charge in [-0.1, -0.05) is 61.5 Å². The maximum Gasteiger partial charge on any atom is 0.205 e. The van der Waals surface area contributed by atoms with Crippen LogP contribution in [0.25, 0.3) is 11.1 Å². The summed E-state index contributed by atoms with van der Waals surface area (Å²) in [6, 6.07) is 20.2. The molecule has 134 valence electrons. The molecule has 0 aromatic heterocycles. The minimum absolute atomic E-state index is 0.0427. The van der Waals surface area contributed by atoms with Gasteiger partial charge in [0, 0.05) is 18.4 Å². The van der Waals surface area contributed by atoms with Crippen LogP contribution in [0.5, 0.6) is 0 Å². The number of Topliss-reactive ketones (excluding diaryl/α,β-unsaturated/α-hetero) is 1. The Morgan fingerprint density at radius 1 is 1.04 bits per heavy atom. The van der Waals surface area contributed by atoms with Gasteiger partial charge in [0.15, 0.2) is 5.78 Å². The molecular formula is C23H20N2O2. The van der Waals surface area contributed by atoms with Crippen molar-refractivity contribution in [2.24, 2.45) is 11.7 Å². The molecule has 0 radical (unpaired) electrons. The summed E-state index contributed by atoms with van der Waals surface area (Å²) in [4.78, 5) is 12.8. The molecule has 0 bridgehead atoms. The molecule has 0 saturated carbocycles. The fourth-order valence-electron chi connectivity index (χ4n) is 3.93. The van der Waals surface area contributed by atoms with Gasteiger partial charge in [0.2, 0.25) is 5.88 Å². The normalized spacial score (nSPS) is 22.1. The molecule has 0 unspecified atom stereocenters. The van der Waals surface area contributed by atoms with Crippen LogP contribution in [-0.4, -0.2) is 5.78 Å². The summed E-state index contributed by atoms with van der Waals surface area (Å²) >= 11 is 0. The maximum absolute atomic E-state index is 12.8. The van der Waals surface area contributed by atoms with Crippen LogP contribution in [0.4, 0.5) is 0 Å². The molecule has 0 saturated heterocycles. The lowest BCUT2D eigenvalue weighted by atomic mass is 9.75. The predicted octanol–water partition coefficient (Wildman–Crippen LogP) is 4.41. The van der Waals surface area contributed by atoms with Gasteiger partial charge in [-0.25, -0.2) is 0 Å². The van der Waals surface area contributed by atoms with Crippen molar-refractivity contribution < 1.29 is 9.53 Å². The van der Waals surface area contributed by atoms with E-state index >= 15 is 0 Å². The largest absolute Gasteiger partial charge is 0.444 e. The van der Waals surface area contributed by atoms with Crippen LogP contribution in [0.15, 0.2) is 77.4 Å². The molecule has 0 fully saturated rings. The Kier molecular flexibility index (Phi) is 4.29. The van der Waals surface area contributed by atoms with Crippen molar-refractivity contribution in [1.82, 2.24) is 0 Å². The number of nitrogens with zero attached hydrogens (tertiary/aromatic N) is 1. The molecular weight excluding hydrogens is 336 g/mol. The minimum atomic E-state index is -0.455. The summed E-state index contributed by atoms with van der Waals surface area (Å²) in [5, 5.41) is 9.65. The first-order chi connectivity index (χ1) is 13.1. The van der Waals surface area contributed by atoms with Crippen molar-refractivity contribution in [1.29, 1.82) is 5.26 Å². The molecule has 1 heterocycles. The van der Waals surface area contributed by atoms with Gasteiger partial charge in [0.25, 0.3) is 0 Å². The Hall–Kier alpha value is -3.32. The zero-order valence-corrected chi connectivity index (χ0v) is 15.1. The van der Waals surface area contributed by atoms with Crippen LogP contribution >= 0.6 is 0 Å². The molecule has 1 aliphatic heterocycles. The lowest BCUT2D eigenvalue weighted by Gasteiger charge is -2.33. The van der Waals surface area contributed by atoms with Crippen molar-refractivity contribution in [3.63, 3.8) is 0 Å². The van der Waals surface area contributed by atoms with Crippen molar-refractivity contribution >= 4 is 5.78 Å². The van der Waals surface area contributed by atoms with Gasteiger partial charge < -0.3 is 10.5 Å². The number of hydrogen-bond donors (Lipinski definition) is 1. The second kappa shape index (κ2) is 6.77. The monoisotopic (exact) mass is 356 g/mol. The molecule has 27 heavy (non-hydrogen) atoms. The molecule has 4 heteroatoms. The van der Waals surface area contributed by atoms with E-state index in [-0.39, 0.29) is 17.6 Å². The van der Waals surface area contributed by atoms with Crippen LogP contribution in [0.2, 0.25) is 0 Å². The SMILES string of the molecule is C[C@H]1CC(=O)C2=C(C1)OC(N)=C(C#N)[C@@H]2c1ccc(-c2ccccc2)cc1. The van der Waals surface area contributed by atoms with Gasteiger partial charge >= 0.3 is 0 Å².